The van der Waals surface area contributed by atoms with Gasteiger partial charge in [-0.25, -0.2) is 0 Å². The Morgan fingerprint density at radius 1 is 1.27 bits per heavy atom. The van der Waals surface area contributed by atoms with Crippen molar-refractivity contribution in [3.8, 4) is 0 Å². The molecule has 0 fully saturated rings. The number of hydrogen-bond acceptors (Lipinski definition) is 2. The molecule has 1 aromatic rings. The van der Waals surface area contributed by atoms with Crippen LogP contribution in [0.2, 0.25) is 0 Å². The van der Waals surface area contributed by atoms with Crippen molar-refractivity contribution in [1.29, 1.82) is 0 Å². The van der Waals surface area contributed by atoms with Crippen molar-refractivity contribution in [2.75, 3.05) is 6.61 Å². The summed E-state index contributed by atoms with van der Waals surface area (Å²) in [4.78, 5) is 0. The molecule has 2 heteroatoms. The van der Waals surface area contributed by atoms with Gasteiger partial charge in [-0.3, -0.25) is 0 Å². The van der Waals surface area contributed by atoms with E-state index in [0.717, 1.165) is 12.8 Å². The third kappa shape index (κ3) is 3.54. The van der Waals surface area contributed by atoms with Crippen LogP contribution in [0.4, 0.5) is 0 Å². The van der Waals surface area contributed by atoms with E-state index in [1.54, 1.807) is 11.3 Å². The van der Waals surface area contributed by atoms with Crippen LogP contribution in [0.25, 0.3) is 0 Å². The Kier molecular flexibility index (Phi) is 4.24. The smallest absolute Gasteiger partial charge is 0.0431 e. The van der Waals surface area contributed by atoms with E-state index >= 15 is 0 Å². The van der Waals surface area contributed by atoms with Crippen molar-refractivity contribution in [2.45, 2.75) is 25.7 Å². The van der Waals surface area contributed by atoms with Crippen LogP contribution in [0, 0.1) is 0 Å². The minimum absolute atomic E-state index is 0.337. The Hall–Kier alpha value is -0.340. The third-order valence-corrected chi connectivity index (χ3v) is 2.44. The van der Waals surface area contributed by atoms with Crippen LogP contribution in [-0.4, -0.2) is 11.7 Å². The molecule has 0 atom stereocenters. The molecule has 0 saturated heterocycles. The van der Waals surface area contributed by atoms with Crippen molar-refractivity contribution < 1.29 is 5.11 Å². The number of rotatable bonds is 5. The highest BCUT2D eigenvalue weighted by Gasteiger charge is 1.92. The normalized spacial score (nSPS) is 10.3. The highest BCUT2D eigenvalue weighted by atomic mass is 32.1. The molecule has 0 aliphatic rings. The Bertz CT molecular complexity index is 170. The first-order valence-corrected chi connectivity index (χ1v) is 4.99. The topological polar surface area (TPSA) is 20.2 Å². The first-order chi connectivity index (χ1) is 5.43. The van der Waals surface area contributed by atoms with Crippen LogP contribution in [0.5, 0.6) is 0 Å². The van der Waals surface area contributed by atoms with Crippen molar-refractivity contribution >= 4 is 11.3 Å². The SMILES string of the molecule is OCCCCCc1ccsc1. The summed E-state index contributed by atoms with van der Waals surface area (Å²) in [5.74, 6) is 0. The summed E-state index contributed by atoms with van der Waals surface area (Å²) in [5, 5.41) is 12.8. The molecule has 0 amide bonds. The van der Waals surface area contributed by atoms with Gasteiger partial charge in [0.05, 0.1) is 0 Å². The molecular weight excluding hydrogens is 156 g/mol. The minimum Gasteiger partial charge on any atom is -0.396 e. The predicted molar refractivity (Wildman–Crippen MR) is 49.0 cm³/mol. The fraction of sp³-hybridized carbons (Fsp3) is 0.556. The average molecular weight is 170 g/mol. The molecule has 0 unspecified atom stereocenters. The van der Waals surface area contributed by atoms with Gasteiger partial charge in [0.2, 0.25) is 0 Å². The molecule has 11 heavy (non-hydrogen) atoms. The van der Waals surface area contributed by atoms with Gasteiger partial charge in [0.15, 0.2) is 0 Å². The Labute approximate surface area is 71.7 Å². The fourth-order valence-electron chi connectivity index (χ4n) is 1.05. The van der Waals surface area contributed by atoms with Crippen LogP contribution in [0.1, 0.15) is 24.8 Å². The Balaban J connectivity index is 2.04. The quantitative estimate of drug-likeness (QED) is 0.673. The summed E-state index contributed by atoms with van der Waals surface area (Å²) in [6, 6.07) is 2.17. The van der Waals surface area contributed by atoms with Crippen molar-refractivity contribution in [2.24, 2.45) is 0 Å². The van der Waals surface area contributed by atoms with E-state index in [-0.39, 0.29) is 0 Å². The molecular formula is C9H14OS. The zero-order chi connectivity index (χ0) is 7.94. The van der Waals surface area contributed by atoms with E-state index in [1.165, 1.54) is 18.4 Å². The zero-order valence-electron chi connectivity index (χ0n) is 6.62. The highest BCUT2D eigenvalue weighted by molar-refractivity contribution is 7.07. The molecule has 62 valence electrons. The average Bonchev–Trinajstić information content (AvgIpc) is 2.50. The van der Waals surface area contributed by atoms with Gasteiger partial charge in [-0.2, -0.15) is 11.3 Å². The van der Waals surface area contributed by atoms with E-state index < -0.39 is 0 Å². The molecule has 1 N–H and O–H groups in total. The lowest BCUT2D eigenvalue weighted by atomic mass is 10.1. The Morgan fingerprint density at radius 2 is 2.18 bits per heavy atom. The largest absolute Gasteiger partial charge is 0.396 e. The van der Waals surface area contributed by atoms with Gasteiger partial charge >= 0.3 is 0 Å². The van der Waals surface area contributed by atoms with E-state index in [0.29, 0.717) is 6.61 Å². The second-order valence-electron chi connectivity index (χ2n) is 2.67. The lowest BCUT2D eigenvalue weighted by Gasteiger charge is -1.95. The molecule has 1 rings (SSSR count). The van der Waals surface area contributed by atoms with E-state index in [9.17, 15) is 0 Å². The summed E-state index contributed by atoms with van der Waals surface area (Å²) in [5.41, 5.74) is 1.44. The van der Waals surface area contributed by atoms with Gasteiger partial charge in [0.1, 0.15) is 0 Å². The maximum absolute atomic E-state index is 8.53. The van der Waals surface area contributed by atoms with E-state index in [4.69, 9.17) is 5.11 Å². The van der Waals surface area contributed by atoms with E-state index in [2.05, 4.69) is 16.8 Å². The predicted octanol–water partition coefficient (Wildman–Crippen LogP) is 2.45. The monoisotopic (exact) mass is 170 g/mol. The van der Waals surface area contributed by atoms with Crippen molar-refractivity contribution in [1.82, 2.24) is 0 Å². The van der Waals surface area contributed by atoms with E-state index in [1.807, 2.05) is 0 Å². The second kappa shape index (κ2) is 5.33. The zero-order valence-corrected chi connectivity index (χ0v) is 7.44. The number of aliphatic hydroxyl groups excluding tert-OH is 1. The number of unbranched alkanes of at least 4 members (excludes halogenated alkanes) is 2. The van der Waals surface area contributed by atoms with Crippen LogP contribution in [0.3, 0.4) is 0 Å². The fourth-order valence-corrected chi connectivity index (χ4v) is 1.76. The molecule has 0 bridgehead atoms. The van der Waals surface area contributed by atoms with Crippen LogP contribution < -0.4 is 0 Å². The molecule has 0 spiro atoms. The van der Waals surface area contributed by atoms with Crippen LogP contribution in [0.15, 0.2) is 16.8 Å². The summed E-state index contributed by atoms with van der Waals surface area (Å²) < 4.78 is 0. The van der Waals surface area contributed by atoms with Gasteiger partial charge in [0.25, 0.3) is 0 Å². The third-order valence-electron chi connectivity index (χ3n) is 1.70. The lowest BCUT2D eigenvalue weighted by molar-refractivity contribution is 0.283. The summed E-state index contributed by atoms with van der Waals surface area (Å²) in [6.07, 6.45) is 4.47. The minimum atomic E-state index is 0.337. The number of aliphatic hydroxyl groups is 1. The molecule has 0 radical (unpaired) electrons. The molecule has 1 heterocycles. The highest BCUT2D eigenvalue weighted by Crippen LogP contribution is 2.09. The maximum atomic E-state index is 8.53. The second-order valence-corrected chi connectivity index (χ2v) is 3.45. The van der Waals surface area contributed by atoms with Crippen molar-refractivity contribution in [3.63, 3.8) is 0 Å². The first kappa shape index (κ1) is 8.75. The van der Waals surface area contributed by atoms with Gasteiger partial charge < -0.3 is 5.11 Å². The Morgan fingerprint density at radius 3 is 2.82 bits per heavy atom. The van der Waals surface area contributed by atoms with Gasteiger partial charge in [-0.15, -0.1) is 0 Å². The van der Waals surface area contributed by atoms with Crippen molar-refractivity contribution in [3.05, 3.63) is 22.4 Å². The van der Waals surface area contributed by atoms with Gasteiger partial charge in [-0.1, -0.05) is 6.42 Å². The molecule has 1 nitrogen and oxygen atoms in total. The molecule has 0 aliphatic heterocycles. The summed E-state index contributed by atoms with van der Waals surface area (Å²) >= 11 is 1.75. The first-order valence-electron chi connectivity index (χ1n) is 4.05. The number of thiophene rings is 1. The number of aryl methyl sites for hydroxylation is 1. The summed E-state index contributed by atoms with van der Waals surface area (Å²) in [7, 11) is 0. The van der Waals surface area contributed by atoms with Crippen LogP contribution >= 0.6 is 11.3 Å². The summed E-state index contributed by atoms with van der Waals surface area (Å²) in [6.45, 7) is 0.337. The van der Waals surface area contributed by atoms with Gasteiger partial charge in [0, 0.05) is 6.61 Å². The lowest BCUT2D eigenvalue weighted by Crippen LogP contribution is -1.85. The molecule has 0 saturated carbocycles. The number of hydrogen-bond donors (Lipinski definition) is 1. The van der Waals surface area contributed by atoms with Crippen LogP contribution in [-0.2, 0) is 6.42 Å². The molecule has 0 aromatic carbocycles. The van der Waals surface area contributed by atoms with Gasteiger partial charge in [-0.05, 0) is 41.7 Å². The molecule has 1 aromatic heterocycles. The maximum Gasteiger partial charge on any atom is 0.0431 e. The molecule has 0 aliphatic carbocycles. The standard InChI is InChI=1S/C9H14OS/c10-6-3-1-2-4-9-5-7-11-8-9/h5,7-8,10H,1-4,6H2.